The van der Waals surface area contributed by atoms with E-state index in [0.717, 1.165) is 26.2 Å². The molecule has 2 saturated heterocycles. The molecule has 2 aliphatic rings. The minimum Gasteiger partial charge on any atom is -0.312 e. The van der Waals surface area contributed by atoms with Crippen LogP contribution in [0.3, 0.4) is 0 Å². The van der Waals surface area contributed by atoms with E-state index in [1.807, 2.05) is 0 Å². The molecule has 2 heterocycles. The van der Waals surface area contributed by atoms with Crippen molar-refractivity contribution >= 4 is 10.0 Å². The van der Waals surface area contributed by atoms with Gasteiger partial charge >= 0.3 is 0 Å². The molecule has 2 fully saturated rings. The van der Waals surface area contributed by atoms with Crippen molar-refractivity contribution in [3.05, 3.63) is 35.9 Å². The topological polar surface area (TPSA) is 52.6 Å². The van der Waals surface area contributed by atoms with Gasteiger partial charge in [-0.3, -0.25) is 4.90 Å². The molecule has 0 radical (unpaired) electrons. The molecule has 1 N–H and O–H groups in total. The Bertz CT molecular complexity index is 614. The number of hydrogen-bond donors (Lipinski definition) is 1. The van der Waals surface area contributed by atoms with Gasteiger partial charge in [0.1, 0.15) is 0 Å². The van der Waals surface area contributed by atoms with Gasteiger partial charge < -0.3 is 5.32 Å². The molecule has 0 saturated carbocycles. The minimum absolute atomic E-state index is 0.458. The Morgan fingerprint density at radius 2 is 1.83 bits per heavy atom. The monoisotopic (exact) mass is 337 g/mol. The van der Waals surface area contributed by atoms with E-state index >= 15 is 0 Å². The van der Waals surface area contributed by atoms with Gasteiger partial charge in [-0.2, -0.15) is 0 Å². The number of likely N-dealkylation sites (tertiary alicyclic amines) is 1. The smallest absolute Gasteiger partial charge is 0.211 e. The average molecular weight is 337 g/mol. The molecular formula is C17H27N3O2S. The quantitative estimate of drug-likeness (QED) is 0.841. The van der Waals surface area contributed by atoms with Crippen molar-refractivity contribution in [2.24, 2.45) is 11.8 Å². The summed E-state index contributed by atoms with van der Waals surface area (Å²) in [6.07, 6.45) is 1.29. The van der Waals surface area contributed by atoms with Crippen molar-refractivity contribution in [3.63, 3.8) is 0 Å². The van der Waals surface area contributed by atoms with Crippen LogP contribution in [-0.2, 0) is 16.6 Å². The number of rotatable bonds is 6. The summed E-state index contributed by atoms with van der Waals surface area (Å²) < 4.78 is 24.3. The van der Waals surface area contributed by atoms with Crippen LogP contribution in [0, 0.1) is 11.8 Å². The molecule has 3 rings (SSSR count). The fraction of sp³-hybridized carbons (Fsp3) is 0.647. The molecule has 0 spiro atoms. The number of hydrogen-bond acceptors (Lipinski definition) is 4. The second kappa shape index (κ2) is 6.89. The molecule has 0 aromatic heterocycles. The molecule has 128 valence electrons. The Morgan fingerprint density at radius 3 is 2.48 bits per heavy atom. The third kappa shape index (κ3) is 4.32. The van der Waals surface area contributed by atoms with Gasteiger partial charge in [-0.05, 0) is 17.4 Å². The minimum atomic E-state index is -2.99. The second-order valence-corrected chi connectivity index (χ2v) is 9.10. The predicted molar refractivity (Wildman–Crippen MR) is 92.6 cm³/mol. The van der Waals surface area contributed by atoms with Crippen LogP contribution < -0.4 is 5.32 Å². The lowest BCUT2D eigenvalue weighted by molar-refractivity contribution is 0.190. The SMILES string of the molecule is C[C@@H]1CN(Cc2ccccc2)C[C@H]1NCC1CN(S(C)(=O)=O)C1. The van der Waals surface area contributed by atoms with E-state index in [2.05, 4.69) is 47.5 Å². The second-order valence-electron chi connectivity index (χ2n) is 7.12. The molecule has 0 unspecified atom stereocenters. The van der Waals surface area contributed by atoms with E-state index in [1.165, 1.54) is 11.8 Å². The van der Waals surface area contributed by atoms with E-state index in [4.69, 9.17) is 0 Å². The van der Waals surface area contributed by atoms with E-state index in [-0.39, 0.29) is 0 Å². The maximum atomic E-state index is 11.4. The fourth-order valence-corrected chi connectivity index (χ4v) is 4.51. The number of nitrogens with one attached hydrogen (secondary N) is 1. The van der Waals surface area contributed by atoms with E-state index in [1.54, 1.807) is 4.31 Å². The Balaban J connectivity index is 1.42. The van der Waals surface area contributed by atoms with Crippen LogP contribution in [0.15, 0.2) is 30.3 Å². The highest BCUT2D eigenvalue weighted by molar-refractivity contribution is 7.88. The fourth-order valence-electron chi connectivity index (χ4n) is 3.54. The highest BCUT2D eigenvalue weighted by Gasteiger charge is 2.35. The van der Waals surface area contributed by atoms with Crippen molar-refractivity contribution in [2.75, 3.05) is 39.0 Å². The highest BCUT2D eigenvalue weighted by atomic mass is 32.2. The lowest BCUT2D eigenvalue weighted by atomic mass is 10.0. The van der Waals surface area contributed by atoms with Gasteiger partial charge in [0.25, 0.3) is 0 Å². The molecule has 5 nitrogen and oxygen atoms in total. The average Bonchev–Trinajstić information content (AvgIpc) is 2.77. The van der Waals surface area contributed by atoms with Crippen molar-refractivity contribution < 1.29 is 8.42 Å². The third-order valence-corrected chi connectivity index (χ3v) is 6.23. The van der Waals surface area contributed by atoms with Crippen LogP contribution in [0.25, 0.3) is 0 Å². The molecule has 0 aliphatic carbocycles. The lowest BCUT2D eigenvalue weighted by Gasteiger charge is -2.38. The summed E-state index contributed by atoms with van der Waals surface area (Å²) in [4.78, 5) is 2.50. The summed E-state index contributed by atoms with van der Waals surface area (Å²) >= 11 is 0. The van der Waals surface area contributed by atoms with Crippen molar-refractivity contribution in [3.8, 4) is 0 Å². The van der Waals surface area contributed by atoms with Crippen LogP contribution in [0.5, 0.6) is 0 Å². The van der Waals surface area contributed by atoms with Crippen LogP contribution in [0.2, 0.25) is 0 Å². The normalized spacial score (nSPS) is 27.2. The maximum absolute atomic E-state index is 11.4. The van der Waals surface area contributed by atoms with Crippen molar-refractivity contribution in [1.29, 1.82) is 0 Å². The standard InChI is InChI=1S/C17H27N3O2S/c1-14-9-19(10-15-6-4-3-5-7-15)13-17(14)18-8-16-11-20(12-16)23(2,21)22/h3-7,14,16-18H,8-13H2,1-2H3/t14-,17-/m1/s1. The predicted octanol–water partition coefficient (Wildman–Crippen LogP) is 0.988. The number of benzene rings is 1. The Hall–Kier alpha value is -0.950. The van der Waals surface area contributed by atoms with Crippen LogP contribution >= 0.6 is 0 Å². The molecule has 23 heavy (non-hydrogen) atoms. The van der Waals surface area contributed by atoms with Gasteiger partial charge in [-0.25, -0.2) is 12.7 Å². The van der Waals surface area contributed by atoms with Crippen molar-refractivity contribution in [1.82, 2.24) is 14.5 Å². The van der Waals surface area contributed by atoms with Crippen LogP contribution in [0.1, 0.15) is 12.5 Å². The first-order valence-corrected chi connectivity index (χ1v) is 10.2. The Kier molecular flexibility index (Phi) is 5.06. The largest absolute Gasteiger partial charge is 0.312 e. The molecule has 2 atom stereocenters. The van der Waals surface area contributed by atoms with Crippen LogP contribution in [0.4, 0.5) is 0 Å². The van der Waals surface area contributed by atoms with E-state index in [9.17, 15) is 8.42 Å². The first kappa shape index (κ1) is 16.9. The van der Waals surface area contributed by atoms with Gasteiger partial charge in [0.15, 0.2) is 0 Å². The first-order chi connectivity index (χ1) is 10.9. The Morgan fingerprint density at radius 1 is 1.13 bits per heavy atom. The van der Waals surface area contributed by atoms with Gasteiger partial charge in [-0.1, -0.05) is 37.3 Å². The molecule has 1 aromatic carbocycles. The summed E-state index contributed by atoms with van der Waals surface area (Å²) in [7, 11) is -2.99. The van der Waals surface area contributed by atoms with Gasteiger partial charge in [0.05, 0.1) is 6.26 Å². The lowest BCUT2D eigenvalue weighted by Crippen LogP contribution is -2.54. The third-order valence-electron chi connectivity index (χ3n) is 5.00. The Labute approximate surface area is 139 Å². The van der Waals surface area contributed by atoms with Crippen molar-refractivity contribution in [2.45, 2.75) is 19.5 Å². The van der Waals surface area contributed by atoms with E-state index in [0.29, 0.717) is 31.0 Å². The zero-order valence-electron chi connectivity index (χ0n) is 14.0. The number of sulfonamides is 1. The summed E-state index contributed by atoms with van der Waals surface area (Å²) in [5.41, 5.74) is 1.36. The molecule has 2 aliphatic heterocycles. The number of nitrogens with zero attached hydrogens (tertiary/aromatic N) is 2. The van der Waals surface area contributed by atoms with E-state index < -0.39 is 10.0 Å². The zero-order chi connectivity index (χ0) is 16.4. The summed E-state index contributed by atoms with van der Waals surface area (Å²) in [6.45, 7) is 7.74. The highest BCUT2D eigenvalue weighted by Crippen LogP contribution is 2.21. The molecular weight excluding hydrogens is 310 g/mol. The molecule has 0 bridgehead atoms. The summed E-state index contributed by atoms with van der Waals surface area (Å²) in [5.74, 6) is 1.09. The first-order valence-electron chi connectivity index (χ1n) is 8.36. The zero-order valence-corrected chi connectivity index (χ0v) is 14.8. The summed E-state index contributed by atoms with van der Waals surface area (Å²) in [5, 5.41) is 3.66. The molecule has 1 aromatic rings. The molecule has 6 heteroatoms. The van der Waals surface area contributed by atoms with Crippen LogP contribution in [-0.4, -0.2) is 62.6 Å². The maximum Gasteiger partial charge on any atom is 0.211 e. The van der Waals surface area contributed by atoms with Gasteiger partial charge in [0.2, 0.25) is 10.0 Å². The summed E-state index contributed by atoms with van der Waals surface area (Å²) in [6, 6.07) is 11.1. The van der Waals surface area contributed by atoms with Gasteiger partial charge in [-0.15, -0.1) is 0 Å². The van der Waals surface area contributed by atoms with Gasteiger partial charge in [0, 0.05) is 45.3 Å². The molecule has 0 amide bonds.